The Morgan fingerprint density at radius 3 is 2.59 bits per heavy atom. The molecule has 17 heavy (non-hydrogen) atoms. The zero-order valence-electron chi connectivity index (χ0n) is 9.80. The highest BCUT2D eigenvalue weighted by atomic mass is 35.5. The van der Waals surface area contributed by atoms with E-state index in [1.165, 1.54) is 0 Å². The summed E-state index contributed by atoms with van der Waals surface area (Å²) < 4.78 is 17.9. The third-order valence-electron chi connectivity index (χ3n) is 1.73. The highest BCUT2D eigenvalue weighted by Gasteiger charge is 2.17. The van der Waals surface area contributed by atoms with Gasteiger partial charge in [0.05, 0.1) is 10.7 Å². The molecule has 1 rings (SSSR count). The van der Waals surface area contributed by atoms with Crippen LogP contribution in [0.4, 0.5) is 14.9 Å². The number of benzene rings is 1. The molecule has 3 N–H and O–H groups in total. The van der Waals surface area contributed by atoms with Crippen LogP contribution in [0.25, 0.3) is 0 Å². The summed E-state index contributed by atoms with van der Waals surface area (Å²) in [5.74, 6) is -0.633. The van der Waals surface area contributed by atoms with E-state index in [4.69, 9.17) is 22.1 Å². The van der Waals surface area contributed by atoms with E-state index in [1.807, 2.05) is 0 Å². The number of carbonyl (C=O) groups excluding carboxylic acids is 1. The van der Waals surface area contributed by atoms with Gasteiger partial charge in [-0.05, 0) is 20.8 Å². The summed E-state index contributed by atoms with van der Waals surface area (Å²) in [5.41, 5.74) is 5.07. The highest BCUT2D eigenvalue weighted by molar-refractivity contribution is 6.31. The van der Waals surface area contributed by atoms with Gasteiger partial charge in [-0.1, -0.05) is 11.6 Å². The molecular formula is C11H14ClFN2O2. The molecule has 0 spiro atoms. The summed E-state index contributed by atoms with van der Waals surface area (Å²) >= 11 is 5.56. The number of nitrogens with one attached hydrogen (secondary N) is 1. The summed E-state index contributed by atoms with van der Waals surface area (Å²) in [6, 6.07) is 2.16. The normalized spacial score (nSPS) is 11.1. The van der Waals surface area contributed by atoms with Crippen LogP contribution in [0.3, 0.4) is 0 Å². The first-order valence-corrected chi connectivity index (χ1v) is 5.31. The molecule has 94 valence electrons. The van der Waals surface area contributed by atoms with E-state index in [1.54, 1.807) is 20.8 Å². The first-order chi connectivity index (χ1) is 7.69. The summed E-state index contributed by atoms with van der Waals surface area (Å²) in [7, 11) is 0. The summed E-state index contributed by atoms with van der Waals surface area (Å²) in [6.07, 6.45) is -0.674. The van der Waals surface area contributed by atoms with Crippen molar-refractivity contribution >= 4 is 23.4 Å². The van der Waals surface area contributed by atoms with Gasteiger partial charge in [0.15, 0.2) is 5.75 Å². The van der Waals surface area contributed by atoms with Crippen molar-refractivity contribution in [3.8, 4) is 5.75 Å². The van der Waals surface area contributed by atoms with Crippen molar-refractivity contribution in [3.63, 3.8) is 0 Å². The fraction of sp³-hybridized carbons (Fsp3) is 0.364. The smallest absolute Gasteiger partial charge is 0.408 e. The number of rotatable bonds is 1. The lowest BCUT2D eigenvalue weighted by Gasteiger charge is -2.20. The molecule has 1 aromatic carbocycles. The Kier molecular flexibility index (Phi) is 3.83. The number of halogens is 2. The molecule has 1 amide bonds. The van der Waals surface area contributed by atoms with Gasteiger partial charge in [0.25, 0.3) is 0 Å². The van der Waals surface area contributed by atoms with Gasteiger partial charge in [-0.15, -0.1) is 0 Å². The fourth-order valence-electron chi connectivity index (χ4n) is 1.06. The average molecular weight is 261 g/mol. The van der Waals surface area contributed by atoms with Crippen molar-refractivity contribution in [1.82, 2.24) is 5.32 Å². The lowest BCUT2D eigenvalue weighted by molar-refractivity contribution is 0.191. The minimum Gasteiger partial charge on any atom is -0.408 e. The van der Waals surface area contributed by atoms with Crippen LogP contribution < -0.4 is 15.8 Å². The SMILES string of the molecule is CC(C)(C)NC(=O)Oc1cc(Cl)c(F)cc1N. The van der Waals surface area contributed by atoms with Crippen LogP contribution in [-0.4, -0.2) is 11.6 Å². The lowest BCUT2D eigenvalue weighted by Crippen LogP contribution is -2.42. The lowest BCUT2D eigenvalue weighted by atomic mass is 10.1. The molecule has 1 aromatic rings. The van der Waals surface area contributed by atoms with Crippen molar-refractivity contribution in [2.45, 2.75) is 26.3 Å². The van der Waals surface area contributed by atoms with E-state index in [0.717, 1.165) is 12.1 Å². The van der Waals surface area contributed by atoms with E-state index in [-0.39, 0.29) is 16.5 Å². The predicted octanol–water partition coefficient (Wildman–Crippen LogP) is 2.95. The van der Waals surface area contributed by atoms with E-state index in [2.05, 4.69) is 5.32 Å². The molecule has 0 heterocycles. The molecule has 0 unspecified atom stereocenters. The minimum absolute atomic E-state index is 0.0101. The second-order valence-electron chi connectivity index (χ2n) is 4.57. The van der Waals surface area contributed by atoms with E-state index in [0.29, 0.717) is 0 Å². The molecule has 0 fully saturated rings. The summed E-state index contributed by atoms with van der Waals surface area (Å²) in [6.45, 7) is 5.40. The Labute approximate surface area is 104 Å². The number of anilines is 1. The van der Waals surface area contributed by atoms with Gasteiger partial charge in [0.2, 0.25) is 0 Å². The number of amides is 1. The first kappa shape index (κ1) is 13.6. The largest absolute Gasteiger partial charge is 0.413 e. The number of ether oxygens (including phenoxy) is 1. The summed E-state index contributed by atoms with van der Waals surface area (Å²) in [4.78, 5) is 11.5. The van der Waals surface area contributed by atoms with Gasteiger partial charge in [-0.3, -0.25) is 0 Å². The number of nitrogen functional groups attached to an aromatic ring is 1. The van der Waals surface area contributed by atoms with Crippen LogP contribution in [0.2, 0.25) is 5.02 Å². The quantitative estimate of drug-likeness (QED) is 0.763. The van der Waals surface area contributed by atoms with Gasteiger partial charge in [0, 0.05) is 17.7 Å². The molecular weight excluding hydrogens is 247 g/mol. The predicted molar refractivity (Wildman–Crippen MR) is 64.7 cm³/mol. The minimum atomic E-state index is -0.674. The van der Waals surface area contributed by atoms with Crippen LogP contribution in [0, 0.1) is 5.82 Å². The van der Waals surface area contributed by atoms with Crippen molar-refractivity contribution in [3.05, 3.63) is 23.0 Å². The third-order valence-corrected chi connectivity index (χ3v) is 2.02. The van der Waals surface area contributed by atoms with Crippen LogP contribution in [0.15, 0.2) is 12.1 Å². The van der Waals surface area contributed by atoms with Crippen molar-refractivity contribution in [1.29, 1.82) is 0 Å². The summed E-state index contributed by atoms with van der Waals surface area (Å²) in [5, 5.41) is 2.42. The number of hydrogen-bond donors (Lipinski definition) is 2. The second-order valence-corrected chi connectivity index (χ2v) is 4.98. The second kappa shape index (κ2) is 4.79. The van der Waals surface area contributed by atoms with Crippen molar-refractivity contribution in [2.75, 3.05) is 5.73 Å². The number of carbonyl (C=O) groups is 1. The third kappa shape index (κ3) is 4.11. The Morgan fingerprint density at radius 2 is 2.06 bits per heavy atom. The maximum absolute atomic E-state index is 13.0. The van der Waals surface area contributed by atoms with Crippen LogP contribution in [0.1, 0.15) is 20.8 Å². The Bertz CT molecular complexity index is 444. The zero-order valence-corrected chi connectivity index (χ0v) is 10.6. The molecule has 0 aromatic heterocycles. The number of hydrogen-bond acceptors (Lipinski definition) is 3. The Balaban J connectivity index is 2.82. The maximum atomic E-state index is 13.0. The molecule has 0 saturated heterocycles. The Morgan fingerprint density at radius 1 is 1.47 bits per heavy atom. The van der Waals surface area contributed by atoms with Crippen molar-refractivity contribution < 1.29 is 13.9 Å². The van der Waals surface area contributed by atoms with Gasteiger partial charge in [-0.2, -0.15) is 0 Å². The maximum Gasteiger partial charge on any atom is 0.413 e. The molecule has 0 aliphatic rings. The monoisotopic (exact) mass is 260 g/mol. The number of nitrogens with two attached hydrogens (primary N) is 1. The first-order valence-electron chi connectivity index (χ1n) is 4.93. The van der Waals surface area contributed by atoms with Crippen LogP contribution >= 0.6 is 11.6 Å². The van der Waals surface area contributed by atoms with Crippen LogP contribution in [0.5, 0.6) is 5.75 Å². The van der Waals surface area contributed by atoms with E-state index in [9.17, 15) is 9.18 Å². The molecule has 0 aliphatic heterocycles. The molecule has 4 nitrogen and oxygen atoms in total. The van der Waals surface area contributed by atoms with Gasteiger partial charge in [-0.25, -0.2) is 9.18 Å². The molecule has 0 bridgehead atoms. The standard InChI is InChI=1S/C11H14ClFN2O2/c1-11(2,3)15-10(16)17-9-4-6(12)7(13)5-8(9)14/h4-5H,14H2,1-3H3,(H,15,16). The molecule has 0 saturated carbocycles. The molecule has 6 heteroatoms. The van der Waals surface area contributed by atoms with E-state index < -0.39 is 17.4 Å². The zero-order chi connectivity index (χ0) is 13.2. The average Bonchev–Trinajstić information content (AvgIpc) is 2.11. The Hall–Kier alpha value is -1.49. The molecule has 0 atom stereocenters. The van der Waals surface area contributed by atoms with E-state index >= 15 is 0 Å². The van der Waals surface area contributed by atoms with Gasteiger partial charge >= 0.3 is 6.09 Å². The highest BCUT2D eigenvalue weighted by Crippen LogP contribution is 2.28. The fourth-order valence-corrected chi connectivity index (χ4v) is 1.22. The topological polar surface area (TPSA) is 64.3 Å². The van der Waals surface area contributed by atoms with Crippen LogP contribution in [-0.2, 0) is 0 Å². The molecule has 0 aliphatic carbocycles. The molecule has 0 radical (unpaired) electrons. The van der Waals surface area contributed by atoms with Crippen molar-refractivity contribution in [2.24, 2.45) is 0 Å². The van der Waals surface area contributed by atoms with Gasteiger partial charge < -0.3 is 15.8 Å². The van der Waals surface area contributed by atoms with Gasteiger partial charge in [0.1, 0.15) is 5.82 Å².